The zero-order valence-electron chi connectivity index (χ0n) is 17.8. The molecule has 2 N–H and O–H groups in total. The first kappa shape index (κ1) is 26.7. The predicted molar refractivity (Wildman–Crippen MR) is 112 cm³/mol. The first-order valence-corrected chi connectivity index (χ1v) is 10.0. The van der Waals surface area contributed by atoms with Crippen molar-refractivity contribution in [2.75, 3.05) is 13.1 Å². The maximum atomic E-state index is 12.1. The van der Waals surface area contributed by atoms with Crippen LogP contribution in [0.15, 0.2) is 22.4 Å². The number of aliphatic hydroxyl groups excluding tert-OH is 2. The van der Waals surface area contributed by atoms with E-state index < -0.39 is 0 Å². The van der Waals surface area contributed by atoms with E-state index in [-0.39, 0.29) is 41.8 Å². The van der Waals surface area contributed by atoms with Gasteiger partial charge in [-0.1, -0.05) is 24.3 Å². The van der Waals surface area contributed by atoms with Gasteiger partial charge in [-0.15, -0.1) is 0 Å². The van der Waals surface area contributed by atoms with Crippen molar-refractivity contribution in [3.05, 3.63) is 46.0 Å². The van der Waals surface area contributed by atoms with E-state index in [2.05, 4.69) is 20.0 Å². The van der Waals surface area contributed by atoms with Crippen LogP contribution in [-0.2, 0) is 30.3 Å². The standard InChI is InChI=1S/C22H30N4O4.Cu/c1-15-21(29)19(17(13-27)9-25-15)11-23-7-5-3-4-6-8-24-12-20-18(14-28)10-26-16(2)22(20)30;/h9-12,27-30H,3-8,13-14H2,1-2H3;/q;+2/p-2. The van der Waals surface area contributed by atoms with Crippen molar-refractivity contribution in [1.29, 1.82) is 0 Å². The van der Waals surface area contributed by atoms with Gasteiger partial charge in [0.1, 0.15) is 0 Å². The molecule has 2 rings (SSSR count). The van der Waals surface area contributed by atoms with Crippen molar-refractivity contribution in [2.24, 2.45) is 9.98 Å². The second-order valence-corrected chi connectivity index (χ2v) is 7.02. The van der Waals surface area contributed by atoms with Crippen molar-refractivity contribution >= 4 is 12.4 Å². The number of aliphatic hydroxyl groups is 2. The number of aromatic nitrogens is 2. The van der Waals surface area contributed by atoms with E-state index in [4.69, 9.17) is 0 Å². The molecule has 0 saturated heterocycles. The van der Waals surface area contributed by atoms with Gasteiger partial charge in [0.2, 0.25) is 0 Å². The fourth-order valence-corrected chi connectivity index (χ4v) is 2.89. The Morgan fingerprint density at radius 2 is 1.16 bits per heavy atom. The molecule has 31 heavy (non-hydrogen) atoms. The van der Waals surface area contributed by atoms with Crippen molar-refractivity contribution in [3.63, 3.8) is 0 Å². The molecule has 0 spiro atoms. The SMILES string of the molecule is Cc1ncc(CO)c(C=NCCCCCCN=Cc2c(CO)cnc(C)c2[O-])c1[O-].[Cu+2]. The second-order valence-electron chi connectivity index (χ2n) is 7.02. The third kappa shape index (κ3) is 7.70. The Balaban J connectivity index is 0.00000480. The maximum Gasteiger partial charge on any atom is 2.00 e. The van der Waals surface area contributed by atoms with Crippen LogP contribution in [0.1, 0.15) is 59.3 Å². The molecule has 171 valence electrons. The zero-order chi connectivity index (χ0) is 21.9. The van der Waals surface area contributed by atoms with Gasteiger partial charge in [0, 0.05) is 60.4 Å². The summed E-state index contributed by atoms with van der Waals surface area (Å²) in [5, 5.41) is 42.8. The van der Waals surface area contributed by atoms with E-state index >= 15 is 0 Å². The summed E-state index contributed by atoms with van der Waals surface area (Å²) in [6, 6.07) is 0. The number of aryl methyl sites for hydroxylation is 2. The average molecular weight is 476 g/mol. The number of pyridine rings is 2. The monoisotopic (exact) mass is 475 g/mol. The van der Waals surface area contributed by atoms with E-state index in [1.54, 1.807) is 13.8 Å². The number of aliphatic imine (C=N–C) groups is 2. The molecule has 0 aliphatic rings. The Kier molecular flexibility index (Phi) is 12.0. The molecule has 2 aromatic heterocycles. The molecule has 0 unspecified atom stereocenters. The van der Waals surface area contributed by atoms with Crippen molar-refractivity contribution in [1.82, 2.24) is 9.97 Å². The molecule has 8 nitrogen and oxygen atoms in total. The van der Waals surface area contributed by atoms with Crippen LogP contribution in [-0.4, -0.2) is 45.7 Å². The molecule has 0 amide bonds. The summed E-state index contributed by atoms with van der Waals surface area (Å²) >= 11 is 0. The van der Waals surface area contributed by atoms with Crippen molar-refractivity contribution in [2.45, 2.75) is 52.7 Å². The minimum absolute atomic E-state index is 0. The zero-order valence-corrected chi connectivity index (χ0v) is 18.7. The molecule has 0 aliphatic carbocycles. The van der Waals surface area contributed by atoms with E-state index in [0.29, 0.717) is 46.7 Å². The molecule has 0 aromatic carbocycles. The Hall–Kier alpha value is -2.32. The van der Waals surface area contributed by atoms with Crippen LogP contribution in [0, 0.1) is 13.8 Å². The van der Waals surface area contributed by atoms with E-state index in [0.717, 1.165) is 25.7 Å². The Morgan fingerprint density at radius 3 is 1.52 bits per heavy atom. The molecule has 9 heteroatoms. The summed E-state index contributed by atoms with van der Waals surface area (Å²) in [6.07, 6.45) is 9.79. The molecular weight excluding hydrogens is 448 g/mol. The van der Waals surface area contributed by atoms with E-state index in [1.165, 1.54) is 24.8 Å². The molecule has 0 saturated carbocycles. The van der Waals surface area contributed by atoms with Crippen LogP contribution in [0.25, 0.3) is 0 Å². The topological polar surface area (TPSA) is 137 Å². The average Bonchev–Trinajstić information content (AvgIpc) is 2.75. The molecule has 0 fully saturated rings. The van der Waals surface area contributed by atoms with Crippen LogP contribution in [0.4, 0.5) is 0 Å². The Labute approximate surface area is 193 Å². The van der Waals surface area contributed by atoms with Gasteiger partial charge in [0.05, 0.1) is 13.2 Å². The summed E-state index contributed by atoms with van der Waals surface area (Å²) in [4.78, 5) is 16.5. The van der Waals surface area contributed by atoms with Gasteiger partial charge < -0.3 is 20.4 Å². The molecule has 0 atom stereocenters. The number of rotatable bonds is 11. The normalized spacial score (nSPS) is 11.4. The summed E-state index contributed by atoms with van der Waals surface area (Å²) < 4.78 is 0. The fraction of sp³-hybridized carbons (Fsp3) is 0.455. The van der Waals surface area contributed by atoms with Crippen LogP contribution < -0.4 is 10.2 Å². The Morgan fingerprint density at radius 1 is 0.774 bits per heavy atom. The quantitative estimate of drug-likeness (QED) is 0.285. The number of unbranched alkanes of at least 4 members (excludes halogenated alkanes) is 3. The maximum absolute atomic E-state index is 12.1. The summed E-state index contributed by atoms with van der Waals surface area (Å²) in [7, 11) is 0. The van der Waals surface area contributed by atoms with E-state index in [1.807, 2.05) is 0 Å². The van der Waals surface area contributed by atoms with Crippen LogP contribution >= 0.6 is 0 Å². The van der Waals surface area contributed by atoms with Gasteiger partial charge >= 0.3 is 17.1 Å². The molecule has 1 radical (unpaired) electrons. The van der Waals surface area contributed by atoms with Gasteiger partial charge in [-0.25, -0.2) is 0 Å². The predicted octanol–water partition coefficient (Wildman–Crippen LogP) is 1.32. The first-order chi connectivity index (χ1) is 14.5. The smallest absolute Gasteiger partial charge is 0.871 e. The first-order valence-electron chi connectivity index (χ1n) is 10.0. The van der Waals surface area contributed by atoms with Crippen LogP contribution in [0.5, 0.6) is 11.5 Å². The molecule has 0 bridgehead atoms. The van der Waals surface area contributed by atoms with E-state index in [9.17, 15) is 20.4 Å². The minimum atomic E-state index is -0.239. The molecule has 2 aromatic rings. The molecule has 0 aliphatic heterocycles. The van der Waals surface area contributed by atoms with Crippen molar-refractivity contribution < 1.29 is 37.5 Å². The minimum Gasteiger partial charge on any atom is -0.871 e. The summed E-state index contributed by atoms with van der Waals surface area (Å²) in [6.45, 7) is 4.01. The summed E-state index contributed by atoms with van der Waals surface area (Å²) in [5.74, 6) is -0.392. The number of hydrogen-bond donors (Lipinski definition) is 2. The third-order valence-electron chi connectivity index (χ3n) is 4.77. The van der Waals surface area contributed by atoms with Gasteiger partial charge in [-0.3, -0.25) is 20.0 Å². The molecule has 2 heterocycles. The third-order valence-corrected chi connectivity index (χ3v) is 4.77. The number of hydrogen-bond acceptors (Lipinski definition) is 8. The molecular formula is C22H28CuN4O4. The van der Waals surface area contributed by atoms with Crippen LogP contribution in [0.3, 0.4) is 0 Å². The largest absolute Gasteiger partial charge is 2.00 e. The van der Waals surface area contributed by atoms with Gasteiger partial charge in [-0.05, 0) is 37.8 Å². The second kappa shape index (κ2) is 13.9. The fourth-order valence-electron chi connectivity index (χ4n) is 2.89. The van der Waals surface area contributed by atoms with Gasteiger partial charge in [0.25, 0.3) is 0 Å². The number of nitrogens with zero attached hydrogens (tertiary/aromatic N) is 4. The van der Waals surface area contributed by atoms with Crippen LogP contribution in [0.2, 0.25) is 0 Å². The Bertz CT molecular complexity index is 830. The van der Waals surface area contributed by atoms with Gasteiger partial charge in [-0.2, -0.15) is 0 Å². The summed E-state index contributed by atoms with van der Waals surface area (Å²) in [5.41, 5.74) is 2.58. The van der Waals surface area contributed by atoms with Crippen molar-refractivity contribution in [3.8, 4) is 11.5 Å². The van der Waals surface area contributed by atoms with Gasteiger partial charge in [0.15, 0.2) is 0 Å².